The van der Waals surface area contributed by atoms with Gasteiger partial charge in [0.15, 0.2) is 0 Å². The van der Waals surface area contributed by atoms with Crippen molar-refractivity contribution >= 4 is 6.09 Å². The van der Waals surface area contributed by atoms with Crippen molar-refractivity contribution in [1.29, 1.82) is 0 Å². The fourth-order valence-corrected chi connectivity index (χ4v) is 1.82. The zero-order valence-corrected chi connectivity index (χ0v) is 10.9. The van der Waals surface area contributed by atoms with Crippen molar-refractivity contribution in [2.24, 2.45) is 0 Å². The molecule has 0 aromatic rings. The molecule has 0 bridgehead atoms. The Morgan fingerprint density at radius 2 is 2.24 bits per heavy atom. The minimum absolute atomic E-state index is 0.0956. The van der Waals surface area contributed by atoms with Crippen LogP contribution in [0.1, 0.15) is 33.6 Å². The number of amides is 1. The molecule has 1 rings (SSSR count). The molecule has 0 aliphatic carbocycles. The van der Waals surface area contributed by atoms with E-state index >= 15 is 0 Å². The van der Waals surface area contributed by atoms with Crippen LogP contribution in [0.15, 0.2) is 0 Å². The van der Waals surface area contributed by atoms with E-state index in [4.69, 9.17) is 15.9 Å². The molecule has 0 radical (unpaired) electrons. The summed E-state index contributed by atoms with van der Waals surface area (Å²) in [6.45, 7) is 7.11. The number of nitrogens with zero attached hydrogens (tertiary/aromatic N) is 1. The Labute approximate surface area is 103 Å². The number of hydrogen-bond donors (Lipinski definition) is 0. The van der Waals surface area contributed by atoms with E-state index in [9.17, 15) is 4.79 Å². The summed E-state index contributed by atoms with van der Waals surface area (Å²) in [6, 6.07) is 0.0956. The van der Waals surface area contributed by atoms with Gasteiger partial charge < -0.3 is 14.4 Å². The summed E-state index contributed by atoms with van der Waals surface area (Å²) < 4.78 is 10.6. The highest BCUT2D eigenvalue weighted by Gasteiger charge is 2.32. The van der Waals surface area contributed by atoms with Crippen LogP contribution in [0.2, 0.25) is 0 Å². The van der Waals surface area contributed by atoms with Crippen molar-refractivity contribution in [3.05, 3.63) is 0 Å². The largest absolute Gasteiger partial charge is 0.444 e. The van der Waals surface area contributed by atoms with Gasteiger partial charge in [-0.15, -0.1) is 6.42 Å². The molecule has 4 nitrogen and oxygen atoms in total. The van der Waals surface area contributed by atoms with E-state index in [2.05, 4.69) is 5.92 Å². The van der Waals surface area contributed by atoms with E-state index in [0.29, 0.717) is 13.2 Å². The first-order chi connectivity index (χ1) is 7.94. The lowest BCUT2D eigenvalue weighted by Gasteiger charge is -2.28. The number of carbonyl (C=O) groups is 1. The third-order valence-corrected chi connectivity index (χ3v) is 2.50. The van der Waals surface area contributed by atoms with Crippen LogP contribution in [0.3, 0.4) is 0 Å². The summed E-state index contributed by atoms with van der Waals surface area (Å²) in [7, 11) is 0. The van der Waals surface area contributed by atoms with Crippen molar-refractivity contribution < 1.29 is 14.3 Å². The molecule has 1 atom stereocenters. The van der Waals surface area contributed by atoms with Gasteiger partial charge in [-0.05, 0) is 33.6 Å². The van der Waals surface area contributed by atoms with E-state index < -0.39 is 5.60 Å². The SMILES string of the molecule is C#CCOCC1CCCN1C(=O)OC(C)(C)C. The maximum atomic E-state index is 11.9. The van der Waals surface area contributed by atoms with Crippen LogP contribution < -0.4 is 0 Å². The molecule has 1 aliphatic rings. The van der Waals surface area contributed by atoms with Gasteiger partial charge in [0.25, 0.3) is 0 Å². The van der Waals surface area contributed by atoms with Gasteiger partial charge in [-0.2, -0.15) is 0 Å². The zero-order chi connectivity index (χ0) is 12.9. The molecule has 0 spiro atoms. The van der Waals surface area contributed by atoms with Gasteiger partial charge in [0.1, 0.15) is 12.2 Å². The predicted molar refractivity (Wildman–Crippen MR) is 65.6 cm³/mol. The first-order valence-electron chi connectivity index (χ1n) is 5.95. The van der Waals surface area contributed by atoms with Crippen molar-refractivity contribution in [3.8, 4) is 12.3 Å². The number of carbonyl (C=O) groups excluding carboxylic acids is 1. The Bertz CT molecular complexity index is 301. The van der Waals surface area contributed by atoms with Crippen molar-refractivity contribution in [1.82, 2.24) is 4.90 Å². The third-order valence-electron chi connectivity index (χ3n) is 2.50. The van der Waals surface area contributed by atoms with E-state index in [0.717, 1.165) is 19.4 Å². The highest BCUT2D eigenvalue weighted by molar-refractivity contribution is 5.68. The Kier molecular flexibility index (Phi) is 4.83. The molecule has 17 heavy (non-hydrogen) atoms. The molecule has 1 heterocycles. The maximum absolute atomic E-state index is 11.9. The lowest BCUT2D eigenvalue weighted by atomic mass is 10.2. The molecule has 0 aromatic carbocycles. The van der Waals surface area contributed by atoms with Gasteiger partial charge >= 0.3 is 6.09 Å². The van der Waals surface area contributed by atoms with Crippen molar-refractivity contribution in [3.63, 3.8) is 0 Å². The predicted octanol–water partition coefficient (Wildman–Crippen LogP) is 2.04. The molecule has 4 heteroatoms. The Balaban J connectivity index is 2.46. The molecule has 1 saturated heterocycles. The number of rotatable bonds is 3. The van der Waals surface area contributed by atoms with Crippen LogP contribution in [-0.4, -0.2) is 42.4 Å². The average molecular weight is 239 g/mol. The Morgan fingerprint density at radius 3 is 2.82 bits per heavy atom. The summed E-state index contributed by atoms with van der Waals surface area (Å²) in [5.74, 6) is 2.42. The minimum Gasteiger partial charge on any atom is -0.444 e. The highest BCUT2D eigenvalue weighted by atomic mass is 16.6. The van der Waals surface area contributed by atoms with Crippen LogP contribution in [0.25, 0.3) is 0 Å². The van der Waals surface area contributed by atoms with E-state index in [1.807, 2.05) is 20.8 Å². The first kappa shape index (κ1) is 13.9. The molecule has 0 aromatic heterocycles. The minimum atomic E-state index is -0.454. The number of likely N-dealkylation sites (tertiary alicyclic amines) is 1. The Morgan fingerprint density at radius 1 is 1.53 bits per heavy atom. The smallest absolute Gasteiger partial charge is 0.410 e. The van der Waals surface area contributed by atoms with Gasteiger partial charge in [0.05, 0.1) is 12.6 Å². The van der Waals surface area contributed by atoms with Gasteiger partial charge in [-0.3, -0.25) is 0 Å². The van der Waals surface area contributed by atoms with Gasteiger partial charge in [0, 0.05) is 6.54 Å². The van der Waals surface area contributed by atoms with Crippen LogP contribution in [-0.2, 0) is 9.47 Å². The summed E-state index contributed by atoms with van der Waals surface area (Å²) in [5, 5.41) is 0. The Hall–Kier alpha value is -1.21. The van der Waals surface area contributed by atoms with Gasteiger partial charge in [-0.1, -0.05) is 5.92 Å². The monoisotopic (exact) mass is 239 g/mol. The fraction of sp³-hybridized carbons (Fsp3) is 0.769. The molecule has 96 valence electrons. The molecular weight excluding hydrogens is 218 g/mol. The van der Waals surface area contributed by atoms with Crippen molar-refractivity contribution in [2.45, 2.75) is 45.3 Å². The number of terminal acetylenes is 1. The first-order valence-corrected chi connectivity index (χ1v) is 5.95. The maximum Gasteiger partial charge on any atom is 0.410 e. The second-order valence-electron chi connectivity index (χ2n) is 5.19. The van der Waals surface area contributed by atoms with Crippen LogP contribution in [0.4, 0.5) is 4.79 Å². The van der Waals surface area contributed by atoms with E-state index in [1.54, 1.807) is 4.90 Å². The third kappa shape index (κ3) is 4.66. The highest BCUT2D eigenvalue weighted by Crippen LogP contribution is 2.20. The van der Waals surface area contributed by atoms with Gasteiger partial charge in [0.2, 0.25) is 0 Å². The van der Waals surface area contributed by atoms with Gasteiger partial charge in [-0.25, -0.2) is 4.79 Å². The standard InChI is InChI=1S/C13H21NO3/c1-5-9-16-10-11-7-6-8-14(11)12(15)17-13(2,3)4/h1,11H,6-10H2,2-4H3. The number of hydrogen-bond acceptors (Lipinski definition) is 3. The molecule has 0 saturated carbocycles. The van der Waals surface area contributed by atoms with Crippen LogP contribution in [0, 0.1) is 12.3 Å². The second-order valence-corrected chi connectivity index (χ2v) is 5.19. The number of ether oxygens (including phenoxy) is 2. The zero-order valence-electron chi connectivity index (χ0n) is 10.9. The van der Waals surface area contributed by atoms with E-state index in [-0.39, 0.29) is 12.1 Å². The van der Waals surface area contributed by atoms with Crippen molar-refractivity contribution in [2.75, 3.05) is 19.8 Å². The summed E-state index contributed by atoms with van der Waals surface area (Å²) in [4.78, 5) is 13.6. The topological polar surface area (TPSA) is 38.8 Å². The summed E-state index contributed by atoms with van der Waals surface area (Å²) in [6.07, 6.45) is 6.79. The van der Waals surface area contributed by atoms with Crippen LogP contribution in [0.5, 0.6) is 0 Å². The quantitative estimate of drug-likeness (QED) is 0.559. The lowest BCUT2D eigenvalue weighted by molar-refractivity contribution is 0.0131. The molecule has 0 N–H and O–H groups in total. The molecule has 1 unspecified atom stereocenters. The summed E-state index contributed by atoms with van der Waals surface area (Å²) >= 11 is 0. The normalized spacial score (nSPS) is 20.1. The molecule has 1 aliphatic heterocycles. The van der Waals surface area contributed by atoms with E-state index in [1.165, 1.54) is 0 Å². The fourth-order valence-electron chi connectivity index (χ4n) is 1.82. The molecule has 1 fully saturated rings. The summed E-state index contributed by atoms with van der Waals surface area (Å²) in [5.41, 5.74) is -0.454. The lowest BCUT2D eigenvalue weighted by Crippen LogP contribution is -2.41. The molecular formula is C13H21NO3. The molecule has 1 amide bonds. The second kappa shape index (κ2) is 5.92. The average Bonchev–Trinajstić information content (AvgIpc) is 2.64. The van der Waals surface area contributed by atoms with Crippen LogP contribution >= 0.6 is 0 Å².